The summed E-state index contributed by atoms with van der Waals surface area (Å²) in [7, 11) is 0. The summed E-state index contributed by atoms with van der Waals surface area (Å²) < 4.78 is 37.1. The van der Waals surface area contributed by atoms with E-state index >= 15 is 0 Å². The molecule has 1 saturated heterocycles. The molecule has 0 bridgehead atoms. The Morgan fingerprint density at radius 2 is 2.04 bits per heavy atom. The largest absolute Gasteiger partial charge is 0.490 e. The van der Waals surface area contributed by atoms with Gasteiger partial charge >= 0.3 is 12.1 Å². The van der Waals surface area contributed by atoms with E-state index < -0.39 is 12.1 Å². The van der Waals surface area contributed by atoms with Gasteiger partial charge < -0.3 is 15.2 Å². The van der Waals surface area contributed by atoms with Crippen LogP contribution >= 0.6 is 0 Å². The van der Waals surface area contributed by atoms with Crippen molar-refractivity contribution in [1.82, 2.24) is 5.32 Å². The number of ether oxygens (including phenoxy) is 1. The zero-order chi connectivity index (χ0) is 18.6. The summed E-state index contributed by atoms with van der Waals surface area (Å²) in [5.41, 5.74) is 1.43. The van der Waals surface area contributed by atoms with Crippen LogP contribution in [0.5, 0.6) is 0 Å². The van der Waals surface area contributed by atoms with Crippen LogP contribution in [0.2, 0.25) is 0 Å². The van der Waals surface area contributed by atoms with Crippen molar-refractivity contribution in [2.24, 2.45) is 5.92 Å². The lowest BCUT2D eigenvalue weighted by Gasteiger charge is -2.13. The molecule has 0 radical (unpaired) electrons. The van der Waals surface area contributed by atoms with E-state index in [-0.39, 0.29) is 0 Å². The minimum atomic E-state index is -5.08. The number of halogens is 3. The first kappa shape index (κ1) is 22.9. The predicted octanol–water partition coefficient (Wildman–Crippen LogP) is 4.16. The van der Waals surface area contributed by atoms with E-state index in [9.17, 15) is 13.2 Å². The summed E-state index contributed by atoms with van der Waals surface area (Å²) in [6.45, 7) is 9.76. The van der Waals surface area contributed by atoms with Crippen molar-refractivity contribution < 1.29 is 27.8 Å². The van der Waals surface area contributed by atoms with E-state index in [2.05, 4.69) is 32.2 Å². The minimum absolute atomic E-state index is 0.644. The molecule has 2 N–H and O–H groups in total. The lowest BCUT2D eigenvalue weighted by atomic mass is 10.0. The molecular formula is C17H30F3NO3. The van der Waals surface area contributed by atoms with Crippen molar-refractivity contribution in [3.63, 3.8) is 0 Å². The number of hydrogen-bond donors (Lipinski definition) is 2. The summed E-state index contributed by atoms with van der Waals surface area (Å²) in [4.78, 5) is 8.90. The third-order valence-corrected chi connectivity index (χ3v) is 3.70. The normalized spacial score (nSPS) is 18.5. The van der Waals surface area contributed by atoms with Crippen LogP contribution in [-0.2, 0) is 9.53 Å². The minimum Gasteiger partial charge on any atom is -0.475 e. The highest BCUT2D eigenvalue weighted by molar-refractivity contribution is 5.73. The Bertz CT molecular complexity index is 374. The molecule has 1 rings (SSSR count). The van der Waals surface area contributed by atoms with Crippen LogP contribution in [0, 0.1) is 5.92 Å². The van der Waals surface area contributed by atoms with Gasteiger partial charge in [0.05, 0.1) is 0 Å². The second kappa shape index (κ2) is 12.3. The molecule has 0 aromatic carbocycles. The molecule has 0 amide bonds. The molecule has 7 heteroatoms. The molecule has 0 spiro atoms. The van der Waals surface area contributed by atoms with Crippen molar-refractivity contribution in [2.45, 2.75) is 65.1 Å². The van der Waals surface area contributed by atoms with Gasteiger partial charge in [-0.05, 0) is 65.3 Å². The molecule has 142 valence electrons. The zero-order valence-electron chi connectivity index (χ0n) is 14.8. The monoisotopic (exact) mass is 353 g/mol. The summed E-state index contributed by atoms with van der Waals surface area (Å²) in [6, 6.07) is 0.644. The average molecular weight is 353 g/mol. The lowest BCUT2D eigenvalue weighted by molar-refractivity contribution is -0.192. The molecule has 2 unspecified atom stereocenters. The molecule has 4 nitrogen and oxygen atoms in total. The number of carboxylic acid groups (broad SMARTS) is 1. The number of carbonyl (C=O) groups is 1. The molecule has 0 saturated carbocycles. The maximum absolute atomic E-state index is 10.6. The first-order chi connectivity index (χ1) is 11.1. The Kier molecular flexibility index (Phi) is 11.8. The van der Waals surface area contributed by atoms with Crippen LogP contribution in [0.25, 0.3) is 0 Å². The van der Waals surface area contributed by atoms with Crippen molar-refractivity contribution in [1.29, 1.82) is 0 Å². The standard InChI is InChI=1S/C15H29NO.C2HF3O2/c1-13(2)6-4-7-14(3)16-10-5-8-15-9-11-17-12-15;3-2(4,5)1(6)7/h6,14-16H,4-5,7-12H2,1-3H3;(H,6,7). The Labute approximate surface area is 142 Å². The van der Waals surface area contributed by atoms with E-state index in [1.807, 2.05) is 0 Å². The fourth-order valence-corrected chi connectivity index (χ4v) is 2.27. The summed E-state index contributed by atoms with van der Waals surface area (Å²) >= 11 is 0. The third kappa shape index (κ3) is 13.4. The van der Waals surface area contributed by atoms with Crippen LogP contribution < -0.4 is 5.32 Å². The Balaban J connectivity index is 0.000000640. The fourth-order valence-electron chi connectivity index (χ4n) is 2.27. The van der Waals surface area contributed by atoms with Gasteiger partial charge in [0.25, 0.3) is 0 Å². The molecule has 1 heterocycles. The highest BCUT2D eigenvalue weighted by Gasteiger charge is 2.38. The van der Waals surface area contributed by atoms with Gasteiger partial charge in [-0.15, -0.1) is 0 Å². The summed E-state index contributed by atoms with van der Waals surface area (Å²) in [6.07, 6.45) is 3.59. The van der Waals surface area contributed by atoms with Crippen LogP contribution in [-0.4, -0.2) is 43.1 Å². The van der Waals surface area contributed by atoms with Crippen LogP contribution in [0.15, 0.2) is 11.6 Å². The number of rotatable bonds is 8. The summed E-state index contributed by atoms with van der Waals surface area (Å²) in [5, 5.41) is 10.7. The molecule has 0 aromatic heterocycles. The maximum Gasteiger partial charge on any atom is 0.490 e. The molecule has 0 aliphatic carbocycles. The van der Waals surface area contributed by atoms with Gasteiger partial charge in [0.15, 0.2) is 0 Å². The summed E-state index contributed by atoms with van der Waals surface area (Å²) in [5.74, 6) is -1.93. The van der Waals surface area contributed by atoms with Crippen molar-refractivity contribution in [2.75, 3.05) is 19.8 Å². The molecule has 1 aliphatic heterocycles. The topological polar surface area (TPSA) is 58.6 Å². The second-order valence-corrected chi connectivity index (χ2v) is 6.39. The van der Waals surface area contributed by atoms with E-state index in [0.717, 1.165) is 25.7 Å². The lowest BCUT2D eigenvalue weighted by Crippen LogP contribution is -2.27. The van der Waals surface area contributed by atoms with Crippen LogP contribution in [0.1, 0.15) is 52.9 Å². The molecule has 24 heavy (non-hydrogen) atoms. The third-order valence-electron chi connectivity index (χ3n) is 3.70. The Hall–Kier alpha value is -1.08. The van der Waals surface area contributed by atoms with Crippen molar-refractivity contribution >= 4 is 5.97 Å². The van der Waals surface area contributed by atoms with Crippen LogP contribution in [0.4, 0.5) is 13.2 Å². The number of alkyl halides is 3. The molecule has 0 aromatic rings. The van der Waals surface area contributed by atoms with E-state index in [0.29, 0.717) is 6.04 Å². The van der Waals surface area contributed by atoms with Gasteiger partial charge in [0.1, 0.15) is 0 Å². The van der Waals surface area contributed by atoms with Crippen molar-refractivity contribution in [3.05, 3.63) is 11.6 Å². The van der Waals surface area contributed by atoms with Gasteiger partial charge in [-0.1, -0.05) is 11.6 Å². The second-order valence-electron chi connectivity index (χ2n) is 6.39. The number of aliphatic carboxylic acids is 1. The quantitative estimate of drug-likeness (QED) is 0.508. The van der Waals surface area contributed by atoms with Gasteiger partial charge in [-0.25, -0.2) is 4.79 Å². The van der Waals surface area contributed by atoms with Gasteiger partial charge in [-0.2, -0.15) is 13.2 Å². The SMILES string of the molecule is CC(C)=CCCC(C)NCCCC1CCOC1.O=C(O)C(F)(F)F. The smallest absolute Gasteiger partial charge is 0.475 e. The van der Waals surface area contributed by atoms with Crippen molar-refractivity contribution in [3.8, 4) is 0 Å². The van der Waals surface area contributed by atoms with E-state index in [4.69, 9.17) is 14.6 Å². The first-order valence-electron chi connectivity index (χ1n) is 8.37. The molecule has 1 fully saturated rings. The van der Waals surface area contributed by atoms with E-state index in [1.54, 1.807) is 0 Å². The fraction of sp³-hybridized carbons (Fsp3) is 0.824. The highest BCUT2D eigenvalue weighted by atomic mass is 19.4. The number of allylic oxidation sites excluding steroid dienone is 2. The molecule has 2 atom stereocenters. The predicted molar refractivity (Wildman–Crippen MR) is 88.0 cm³/mol. The Morgan fingerprint density at radius 3 is 2.50 bits per heavy atom. The van der Waals surface area contributed by atoms with Gasteiger partial charge in [0, 0.05) is 19.3 Å². The van der Waals surface area contributed by atoms with Gasteiger partial charge in [-0.3, -0.25) is 0 Å². The number of carboxylic acids is 1. The maximum atomic E-state index is 10.6. The van der Waals surface area contributed by atoms with Gasteiger partial charge in [0.2, 0.25) is 0 Å². The van der Waals surface area contributed by atoms with E-state index in [1.165, 1.54) is 37.7 Å². The zero-order valence-corrected chi connectivity index (χ0v) is 14.8. The highest BCUT2D eigenvalue weighted by Crippen LogP contribution is 2.17. The first-order valence-corrected chi connectivity index (χ1v) is 8.37. The van der Waals surface area contributed by atoms with Crippen LogP contribution in [0.3, 0.4) is 0 Å². The molecular weight excluding hydrogens is 323 g/mol. The Morgan fingerprint density at radius 1 is 1.42 bits per heavy atom. The number of hydrogen-bond acceptors (Lipinski definition) is 3. The number of nitrogens with one attached hydrogen (secondary N) is 1. The molecule has 1 aliphatic rings. The average Bonchev–Trinajstić information content (AvgIpc) is 2.96.